The Kier molecular flexibility index (Phi) is 42.1. The lowest BCUT2D eigenvalue weighted by atomic mass is 10.0. The van der Waals surface area contributed by atoms with E-state index in [1.165, 1.54) is 199 Å². The van der Waals surface area contributed by atoms with Gasteiger partial charge in [-0.1, -0.05) is 231 Å². The molecule has 0 fully saturated rings. The molecule has 5 nitrogen and oxygen atoms in total. The van der Waals surface area contributed by atoms with Crippen molar-refractivity contribution in [2.24, 2.45) is 0 Å². The molecule has 3 unspecified atom stereocenters. The molecule has 0 saturated carbocycles. The molecule has 0 aromatic rings. The van der Waals surface area contributed by atoms with Crippen molar-refractivity contribution < 1.29 is 20.1 Å². The Bertz CT molecular complexity index is 728. The van der Waals surface area contributed by atoms with E-state index in [2.05, 4.69) is 31.3 Å². The maximum Gasteiger partial charge on any atom is 0.249 e. The molecule has 0 aliphatic heterocycles. The molecular formula is C47H93NO4. The summed E-state index contributed by atoms with van der Waals surface area (Å²) in [5, 5.41) is 33.2. The fourth-order valence-corrected chi connectivity index (χ4v) is 7.42. The van der Waals surface area contributed by atoms with Crippen molar-refractivity contribution in [2.75, 3.05) is 6.61 Å². The number of unbranched alkanes of at least 4 members (excludes halogenated alkanes) is 33. The third kappa shape index (κ3) is 37.4. The summed E-state index contributed by atoms with van der Waals surface area (Å²) >= 11 is 0. The van der Waals surface area contributed by atoms with Gasteiger partial charge in [-0.2, -0.15) is 0 Å². The van der Waals surface area contributed by atoms with Gasteiger partial charge < -0.3 is 20.6 Å². The fourth-order valence-electron chi connectivity index (χ4n) is 7.42. The fraction of sp³-hybridized carbons (Fsp3) is 0.936. The van der Waals surface area contributed by atoms with Gasteiger partial charge in [0.25, 0.3) is 0 Å². The van der Waals surface area contributed by atoms with Gasteiger partial charge >= 0.3 is 0 Å². The minimum absolute atomic E-state index is 0.311. The monoisotopic (exact) mass is 736 g/mol. The summed E-state index contributed by atoms with van der Waals surface area (Å²) in [5.74, 6) is -0.470. The quantitative estimate of drug-likeness (QED) is 0.0371. The molecule has 0 aliphatic rings. The highest BCUT2D eigenvalue weighted by Crippen LogP contribution is 2.16. The Morgan fingerprint density at radius 3 is 1.06 bits per heavy atom. The second-order valence-electron chi connectivity index (χ2n) is 16.3. The SMILES string of the molecule is CCCCCCCCCCCCCC/C=C\CCCCCCCCCCCCCCC(O)C(=O)NC(CO)C(O)CCCCCCCCCCCC. The van der Waals surface area contributed by atoms with Gasteiger partial charge in [0, 0.05) is 0 Å². The van der Waals surface area contributed by atoms with E-state index in [1.807, 2.05) is 0 Å². The summed E-state index contributed by atoms with van der Waals surface area (Å²) in [5.41, 5.74) is 0. The average Bonchev–Trinajstić information content (AvgIpc) is 3.15. The zero-order valence-corrected chi connectivity index (χ0v) is 35.2. The van der Waals surface area contributed by atoms with Crippen LogP contribution in [0.15, 0.2) is 12.2 Å². The van der Waals surface area contributed by atoms with Gasteiger partial charge in [-0.15, -0.1) is 0 Å². The highest BCUT2D eigenvalue weighted by atomic mass is 16.3. The van der Waals surface area contributed by atoms with Crippen molar-refractivity contribution in [1.29, 1.82) is 0 Å². The first-order chi connectivity index (χ1) is 25.6. The number of nitrogens with one attached hydrogen (secondary N) is 1. The normalized spacial score (nSPS) is 13.6. The maximum absolute atomic E-state index is 12.5. The highest BCUT2D eigenvalue weighted by Gasteiger charge is 2.23. The molecule has 0 bridgehead atoms. The molecule has 52 heavy (non-hydrogen) atoms. The zero-order valence-electron chi connectivity index (χ0n) is 35.2. The zero-order chi connectivity index (χ0) is 38.0. The number of aliphatic hydroxyl groups is 3. The number of amides is 1. The van der Waals surface area contributed by atoms with Crippen LogP contribution in [0.4, 0.5) is 0 Å². The lowest BCUT2D eigenvalue weighted by Gasteiger charge is -2.23. The van der Waals surface area contributed by atoms with E-state index in [9.17, 15) is 20.1 Å². The van der Waals surface area contributed by atoms with Gasteiger partial charge in [0.1, 0.15) is 6.10 Å². The summed E-state index contributed by atoms with van der Waals surface area (Å²) in [7, 11) is 0. The molecule has 0 rings (SSSR count). The largest absolute Gasteiger partial charge is 0.394 e. The van der Waals surface area contributed by atoms with Crippen molar-refractivity contribution >= 4 is 5.91 Å². The number of rotatable bonds is 43. The Morgan fingerprint density at radius 2 is 0.731 bits per heavy atom. The van der Waals surface area contributed by atoms with E-state index in [0.29, 0.717) is 12.8 Å². The van der Waals surface area contributed by atoms with Crippen LogP contribution in [-0.4, -0.2) is 46.1 Å². The van der Waals surface area contributed by atoms with Crippen LogP contribution in [0.1, 0.15) is 258 Å². The van der Waals surface area contributed by atoms with Crippen molar-refractivity contribution in [3.8, 4) is 0 Å². The van der Waals surface area contributed by atoms with Crippen LogP contribution >= 0.6 is 0 Å². The molecule has 5 heteroatoms. The lowest BCUT2D eigenvalue weighted by molar-refractivity contribution is -0.131. The Labute approximate surface area is 325 Å². The summed E-state index contributed by atoms with van der Waals surface area (Å²) in [6, 6.07) is -0.707. The average molecular weight is 736 g/mol. The molecule has 0 aromatic heterocycles. The van der Waals surface area contributed by atoms with Crippen LogP contribution in [0, 0.1) is 0 Å². The Hall–Kier alpha value is -0.910. The molecule has 0 aromatic carbocycles. The second-order valence-corrected chi connectivity index (χ2v) is 16.3. The molecule has 310 valence electrons. The van der Waals surface area contributed by atoms with Crippen LogP contribution in [0.25, 0.3) is 0 Å². The first kappa shape index (κ1) is 51.1. The number of carbonyl (C=O) groups is 1. The van der Waals surface area contributed by atoms with Crippen LogP contribution in [0.2, 0.25) is 0 Å². The first-order valence-corrected chi connectivity index (χ1v) is 23.5. The second kappa shape index (κ2) is 42.8. The highest BCUT2D eigenvalue weighted by molar-refractivity contribution is 5.80. The van der Waals surface area contributed by atoms with Crippen LogP contribution in [-0.2, 0) is 4.79 Å². The molecule has 0 heterocycles. The predicted molar refractivity (Wildman–Crippen MR) is 227 cm³/mol. The van der Waals surface area contributed by atoms with E-state index in [4.69, 9.17) is 0 Å². The van der Waals surface area contributed by atoms with Gasteiger partial charge in [0.05, 0.1) is 18.8 Å². The standard InChI is InChI=1S/C47H93NO4/c1-3-5-7-9-11-13-15-16-17-18-19-20-21-22-23-24-25-26-27-28-29-30-31-32-34-36-38-40-42-46(51)47(52)48-44(43-49)45(50)41-39-37-35-33-14-12-10-8-6-4-2/h22-23,44-46,49-51H,3-21,24-43H2,1-2H3,(H,48,52)/b23-22-. The van der Waals surface area contributed by atoms with Gasteiger partial charge in [-0.3, -0.25) is 4.79 Å². The number of aliphatic hydroxyl groups excluding tert-OH is 3. The number of carbonyl (C=O) groups excluding carboxylic acids is 1. The van der Waals surface area contributed by atoms with E-state index < -0.39 is 24.2 Å². The molecule has 1 amide bonds. The van der Waals surface area contributed by atoms with Crippen molar-refractivity contribution in [3.05, 3.63) is 12.2 Å². The number of hydrogen-bond acceptors (Lipinski definition) is 4. The summed E-state index contributed by atoms with van der Waals surface area (Å²) in [6.07, 6.45) is 50.9. The molecule has 0 spiro atoms. The molecular weight excluding hydrogens is 643 g/mol. The molecule has 0 aliphatic carbocycles. The van der Waals surface area contributed by atoms with Crippen LogP contribution < -0.4 is 5.32 Å². The smallest absolute Gasteiger partial charge is 0.249 e. The minimum Gasteiger partial charge on any atom is -0.394 e. The Balaban J connectivity index is 3.50. The maximum atomic E-state index is 12.5. The summed E-state index contributed by atoms with van der Waals surface area (Å²) in [4.78, 5) is 12.5. The molecule has 0 saturated heterocycles. The van der Waals surface area contributed by atoms with E-state index in [1.54, 1.807) is 0 Å². The van der Waals surface area contributed by atoms with Crippen molar-refractivity contribution in [2.45, 2.75) is 276 Å². The molecule has 3 atom stereocenters. The Morgan fingerprint density at radius 1 is 0.442 bits per heavy atom. The van der Waals surface area contributed by atoms with E-state index in [-0.39, 0.29) is 6.61 Å². The van der Waals surface area contributed by atoms with Crippen molar-refractivity contribution in [3.63, 3.8) is 0 Å². The van der Waals surface area contributed by atoms with Gasteiger partial charge in [0.15, 0.2) is 0 Å². The molecule has 0 radical (unpaired) electrons. The first-order valence-electron chi connectivity index (χ1n) is 23.5. The molecule has 4 N–H and O–H groups in total. The van der Waals surface area contributed by atoms with Gasteiger partial charge in [-0.05, 0) is 38.5 Å². The van der Waals surface area contributed by atoms with E-state index in [0.717, 1.165) is 32.1 Å². The number of hydrogen-bond donors (Lipinski definition) is 4. The van der Waals surface area contributed by atoms with E-state index >= 15 is 0 Å². The minimum atomic E-state index is -1.07. The van der Waals surface area contributed by atoms with Gasteiger partial charge in [0.2, 0.25) is 5.91 Å². The topological polar surface area (TPSA) is 89.8 Å². The predicted octanol–water partition coefficient (Wildman–Crippen LogP) is 13.6. The lowest BCUT2D eigenvalue weighted by Crippen LogP contribution is -2.49. The number of allylic oxidation sites excluding steroid dienone is 2. The van der Waals surface area contributed by atoms with Crippen LogP contribution in [0.3, 0.4) is 0 Å². The summed E-state index contributed by atoms with van der Waals surface area (Å²) < 4.78 is 0. The van der Waals surface area contributed by atoms with Gasteiger partial charge in [-0.25, -0.2) is 0 Å². The van der Waals surface area contributed by atoms with Crippen LogP contribution in [0.5, 0.6) is 0 Å². The third-order valence-corrected chi connectivity index (χ3v) is 11.1. The van der Waals surface area contributed by atoms with Crippen molar-refractivity contribution in [1.82, 2.24) is 5.32 Å². The summed E-state index contributed by atoms with van der Waals surface area (Å²) in [6.45, 7) is 4.23. The third-order valence-electron chi connectivity index (χ3n) is 11.1.